The summed E-state index contributed by atoms with van der Waals surface area (Å²) in [6.07, 6.45) is -5.32. The topological polar surface area (TPSA) is 78.4 Å². The van der Waals surface area contributed by atoms with E-state index in [1.165, 1.54) is 22.8 Å². The highest BCUT2D eigenvalue weighted by atomic mass is 32.1. The average molecular weight is 388 g/mol. The SMILES string of the molecule is O=C1N[C@H](c2ccc(F)cc2)[C@H](C(=O)c2cccs2)[C@](O)(C(F)(F)F)N1. The molecule has 0 aliphatic carbocycles. The number of ketones is 1. The first-order valence-corrected chi connectivity index (χ1v) is 8.22. The summed E-state index contributed by atoms with van der Waals surface area (Å²) in [5.74, 6) is -3.74. The number of aliphatic hydroxyl groups is 1. The van der Waals surface area contributed by atoms with E-state index in [1.807, 2.05) is 0 Å². The van der Waals surface area contributed by atoms with Gasteiger partial charge in [0.1, 0.15) is 11.7 Å². The molecule has 1 aliphatic rings. The third kappa shape index (κ3) is 3.06. The van der Waals surface area contributed by atoms with Crippen molar-refractivity contribution in [3.63, 3.8) is 0 Å². The van der Waals surface area contributed by atoms with Crippen LogP contribution in [-0.2, 0) is 0 Å². The normalized spacial score (nSPS) is 26.1. The van der Waals surface area contributed by atoms with Gasteiger partial charge >= 0.3 is 12.2 Å². The molecule has 138 valence electrons. The number of amides is 2. The van der Waals surface area contributed by atoms with Gasteiger partial charge in [-0.1, -0.05) is 18.2 Å². The quantitative estimate of drug-likeness (QED) is 0.559. The van der Waals surface area contributed by atoms with E-state index in [4.69, 9.17) is 0 Å². The van der Waals surface area contributed by atoms with Crippen LogP contribution in [-0.4, -0.2) is 28.8 Å². The Morgan fingerprint density at radius 1 is 1.19 bits per heavy atom. The molecule has 2 aromatic rings. The molecule has 0 spiro atoms. The molecular formula is C16H12F4N2O3S. The highest BCUT2D eigenvalue weighted by Crippen LogP contribution is 2.44. The minimum absolute atomic E-state index is 0.0114. The number of alkyl halides is 3. The lowest BCUT2D eigenvalue weighted by Gasteiger charge is -2.44. The van der Waals surface area contributed by atoms with Crippen molar-refractivity contribution in [3.05, 3.63) is 58.0 Å². The molecule has 3 atom stereocenters. The molecule has 0 bridgehead atoms. The Morgan fingerprint density at radius 3 is 2.38 bits per heavy atom. The van der Waals surface area contributed by atoms with Gasteiger partial charge in [-0.05, 0) is 29.1 Å². The minimum atomic E-state index is -5.32. The summed E-state index contributed by atoms with van der Waals surface area (Å²) in [5, 5.41) is 15.5. The molecule has 0 unspecified atom stereocenters. The number of hydrogen-bond donors (Lipinski definition) is 3. The Labute approximate surface area is 148 Å². The number of carbonyl (C=O) groups is 2. The third-order valence-corrected chi connectivity index (χ3v) is 4.97. The predicted molar refractivity (Wildman–Crippen MR) is 84.0 cm³/mol. The molecule has 1 fully saturated rings. The molecule has 10 heteroatoms. The Bertz CT molecular complexity index is 823. The smallest absolute Gasteiger partial charge is 0.363 e. The van der Waals surface area contributed by atoms with E-state index in [-0.39, 0.29) is 10.4 Å². The van der Waals surface area contributed by atoms with Crippen LogP contribution in [0.2, 0.25) is 0 Å². The van der Waals surface area contributed by atoms with Gasteiger partial charge in [-0.2, -0.15) is 13.2 Å². The van der Waals surface area contributed by atoms with Gasteiger partial charge in [0.15, 0.2) is 5.78 Å². The van der Waals surface area contributed by atoms with Crippen LogP contribution >= 0.6 is 11.3 Å². The molecule has 0 saturated carbocycles. The monoisotopic (exact) mass is 388 g/mol. The van der Waals surface area contributed by atoms with Gasteiger partial charge in [-0.3, -0.25) is 4.79 Å². The van der Waals surface area contributed by atoms with Gasteiger partial charge in [-0.15, -0.1) is 11.3 Å². The zero-order valence-electron chi connectivity index (χ0n) is 12.9. The first kappa shape index (κ1) is 18.3. The van der Waals surface area contributed by atoms with Crippen LogP contribution in [0.4, 0.5) is 22.4 Å². The summed E-state index contributed by atoms with van der Waals surface area (Å²) >= 11 is 0.908. The number of carbonyl (C=O) groups excluding carboxylic acids is 2. The standard InChI is InChI=1S/C16H12F4N2O3S/c17-9-5-3-8(4-6-9)12-11(13(23)10-2-1-7-26-10)15(25,16(18,19)20)22-14(24)21-12/h1-7,11-12,25H,(H2,21,22,24)/t11-,12-,15+/m1/s1. The molecular weight excluding hydrogens is 376 g/mol. The maximum Gasteiger partial charge on any atom is 0.437 e. The van der Waals surface area contributed by atoms with Crippen LogP contribution < -0.4 is 10.6 Å². The van der Waals surface area contributed by atoms with E-state index in [0.29, 0.717) is 0 Å². The van der Waals surface area contributed by atoms with Crippen molar-refractivity contribution in [1.29, 1.82) is 0 Å². The number of Topliss-reactive ketones (excluding diaryl/α,β-unsaturated/α-hetero) is 1. The number of urea groups is 1. The van der Waals surface area contributed by atoms with Crippen LogP contribution in [0.5, 0.6) is 0 Å². The summed E-state index contributed by atoms with van der Waals surface area (Å²) in [6, 6.07) is 4.27. The highest BCUT2D eigenvalue weighted by molar-refractivity contribution is 7.12. The highest BCUT2D eigenvalue weighted by Gasteiger charge is 2.66. The number of rotatable bonds is 3. The summed E-state index contributed by atoms with van der Waals surface area (Å²) in [4.78, 5) is 24.5. The lowest BCUT2D eigenvalue weighted by Crippen LogP contribution is -2.72. The van der Waals surface area contributed by atoms with Crippen LogP contribution in [0.1, 0.15) is 21.3 Å². The van der Waals surface area contributed by atoms with Gasteiger partial charge in [0, 0.05) is 0 Å². The van der Waals surface area contributed by atoms with Crippen LogP contribution in [0.3, 0.4) is 0 Å². The molecule has 2 amide bonds. The summed E-state index contributed by atoms with van der Waals surface area (Å²) in [5.41, 5.74) is -3.73. The lowest BCUT2D eigenvalue weighted by atomic mass is 9.78. The fourth-order valence-electron chi connectivity index (χ4n) is 2.86. The van der Waals surface area contributed by atoms with Gasteiger partial charge in [0.05, 0.1) is 10.9 Å². The second-order valence-electron chi connectivity index (χ2n) is 5.71. The van der Waals surface area contributed by atoms with Crippen molar-refractivity contribution in [1.82, 2.24) is 10.6 Å². The maximum absolute atomic E-state index is 13.6. The molecule has 1 aromatic carbocycles. The first-order valence-electron chi connectivity index (χ1n) is 7.34. The number of benzene rings is 1. The van der Waals surface area contributed by atoms with E-state index in [2.05, 4.69) is 5.32 Å². The summed E-state index contributed by atoms with van der Waals surface area (Å²) < 4.78 is 54.0. The molecule has 0 radical (unpaired) electrons. The van der Waals surface area contributed by atoms with E-state index in [1.54, 1.807) is 0 Å². The predicted octanol–water partition coefficient (Wildman–Crippen LogP) is 2.99. The Hall–Kier alpha value is -2.46. The Morgan fingerprint density at radius 2 is 1.85 bits per heavy atom. The Kier molecular flexibility index (Phi) is 4.49. The molecule has 3 rings (SSSR count). The molecule has 1 saturated heterocycles. The third-order valence-electron chi connectivity index (χ3n) is 4.08. The van der Waals surface area contributed by atoms with Crippen molar-refractivity contribution in [2.45, 2.75) is 17.9 Å². The van der Waals surface area contributed by atoms with E-state index < -0.39 is 41.5 Å². The maximum atomic E-state index is 13.6. The second-order valence-corrected chi connectivity index (χ2v) is 6.66. The molecule has 1 aromatic heterocycles. The zero-order chi connectivity index (χ0) is 19.1. The van der Waals surface area contributed by atoms with Gasteiger partial charge < -0.3 is 15.7 Å². The first-order chi connectivity index (χ1) is 12.1. The molecule has 26 heavy (non-hydrogen) atoms. The zero-order valence-corrected chi connectivity index (χ0v) is 13.7. The van der Waals surface area contributed by atoms with Crippen LogP contribution in [0, 0.1) is 11.7 Å². The van der Waals surface area contributed by atoms with Crippen LogP contribution in [0.25, 0.3) is 0 Å². The minimum Gasteiger partial charge on any atom is -0.363 e. The van der Waals surface area contributed by atoms with E-state index in [9.17, 15) is 32.3 Å². The van der Waals surface area contributed by atoms with Crippen LogP contribution in [0.15, 0.2) is 41.8 Å². The van der Waals surface area contributed by atoms with Crippen molar-refractivity contribution >= 4 is 23.2 Å². The molecule has 5 nitrogen and oxygen atoms in total. The van der Waals surface area contributed by atoms with Crippen molar-refractivity contribution < 1.29 is 32.3 Å². The molecule has 2 heterocycles. The van der Waals surface area contributed by atoms with Gasteiger partial charge in [-0.25, -0.2) is 9.18 Å². The molecule has 3 N–H and O–H groups in total. The second kappa shape index (κ2) is 6.36. The van der Waals surface area contributed by atoms with Crippen molar-refractivity contribution in [2.75, 3.05) is 0 Å². The van der Waals surface area contributed by atoms with Crippen molar-refractivity contribution in [2.24, 2.45) is 5.92 Å². The summed E-state index contributed by atoms with van der Waals surface area (Å²) in [7, 11) is 0. The lowest BCUT2D eigenvalue weighted by molar-refractivity contribution is -0.287. The fourth-order valence-corrected chi connectivity index (χ4v) is 3.56. The average Bonchev–Trinajstić information content (AvgIpc) is 3.08. The number of halogens is 4. The largest absolute Gasteiger partial charge is 0.437 e. The van der Waals surface area contributed by atoms with Crippen molar-refractivity contribution in [3.8, 4) is 0 Å². The van der Waals surface area contributed by atoms with Gasteiger partial charge in [0.25, 0.3) is 0 Å². The van der Waals surface area contributed by atoms with E-state index in [0.717, 1.165) is 35.6 Å². The Balaban J connectivity index is 2.14. The fraction of sp³-hybridized carbons (Fsp3) is 0.250. The number of hydrogen-bond acceptors (Lipinski definition) is 4. The summed E-state index contributed by atoms with van der Waals surface area (Å²) in [6.45, 7) is 0. The van der Waals surface area contributed by atoms with Gasteiger partial charge in [0.2, 0.25) is 5.72 Å². The number of nitrogens with one attached hydrogen (secondary N) is 2. The molecule has 1 aliphatic heterocycles. The van der Waals surface area contributed by atoms with E-state index >= 15 is 0 Å². The number of thiophene rings is 1.